The molecular formula is C26H29Cl2N3O4. The Morgan fingerprint density at radius 1 is 0.971 bits per heavy atom. The van der Waals surface area contributed by atoms with Gasteiger partial charge in [0.2, 0.25) is 11.8 Å². The first-order valence-corrected chi connectivity index (χ1v) is 12.4. The molecule has 2 atom stereocenters. The van der Waals surface area contributed by atoms with E-state index in [1.165, 1.54) is 4.90 Å². The number of carbonyl (C=O) groups excluding carboxylic acids is 4. The molecule has 0 aromatic heterocycles. The monoisotopic (exact) mass is 517 g/mol. The van der Waals surface area contributed by atoms with Crippen LogP contribution in [-0.4, -0.2) is 52.1 Å². The third-order valence-electron chi connectivity index (χ3n) is 6.21. The molecule has 1 aliphatic heterocycles. The summed E-state index contributed by atoms with van der Waals surface area (Å²) in [4.78, 5) is 53.9. The molecule has 0 spiro atoms. The molecule has 1 heterocycles. The second-order valence-electron chi connectivity index (χ2n) is 8.63. The minimum atomic E-state index is -0.775. The number of fused-ring (bicyclic) bond motifs is 1. The fourth-order valence-electron chi connectivity index (χ4n) is 3.88. The fraction of sp³-hybridized carbons (Fsp3) is 0.385. The van der Waals surface area contributed by atoms with Crippen molar-refractivity contribution in [1.82, 2.24) is 15.1 Å². The van der Waals surface area contributed by atoms with Gasteiger partial charge in [-0.25, -0.2) is 0 Å². The molecule has 0 aliphatic carbocycles. The summed E-state index contributed by atoms with van der Waals surface area (Å²) >= 11 is 12.7. The molecule has 3 rings (SSSR count). The summed E-state index contributed by atoms with van der Waals surface area (Å²) in [5.74, 6) is -1.31. The van der Waals surface area contributed by atoms with Gasteiger partial charge in [-0.3, -0.25) is 24.1 Å². The number of amides is 4. The fourth-order valence-corrected chi connectivity index (χ4v) is 4.39. The van der Waals surface area contributed by atoms with Gasteiger partial charge in [0.05, 0.1) is 11.1 Å². The summed E-state index contributed by atoms with van der Waals surface area (Å²) < 4.78 is 0. The number of rotatable bonds is 10. The van der Waals surface area contributed by atoms with Gasteiger partial charge in [-0.05, 0) is 51.0 Å². The minimum Gasteiger partial charge on any atom is -0.352 e. The van der Waals surface area contributed by atoms with Crippen LogP contribution in [0.5, 0.6) is 0 Å². The zero-order valence-corrected chi connectivity index (χ0v) is 21.5. The van der Waals surface area contributed by atoms with E-state index in [1.807, 2.05) is 13.8 Å². The number of carbonyl (C=O) groups is 4. The molecule has 186 valence electrons. The summed E-state index contributed by atoms with van der Waals surface area (Å²) in [6.07, 6.45) is 1.05. The summed E-state index contributed by atoms with van der Waals surface area (Å²) in [7, 11) is 0. The van der Waals surface area contributed by atoms with Crippen molar-refractivity contribution in [2.75, 3.05) is 6.54 Å². The van der Waals surface area contributed by atoms with Crippen molar-refractivity contribution in [2.24, 2.45) is 0 Å². The van der Waals surface area contributed by atoms with Gasteiger partial charge < -0.3 is 10.2 Å². The quantitative estimate of drug-likeness (QED) is 0.462. The molecule has 4 amide bonds. The second-order valence-corrected chi connectivity index (χ2v) is 9.44. The average Bonchev–Trinajstić information content (AvgIpc) is 3.08. The SMILES string of the molecule is CC[C@H](C)NC(=O)[C@@H](C)N(Cc1c(Cl)cccc1Cl)C(=O)CCCN1C(=O)c2ccccc2C1=O. The molecule has 0 radical (unpaired) electrons. The topological polar surface area (TPSA) is 86.8 Å². The van der Waals surface area contributed by atoms with Gasteiger partial charge in [-0.2, -0.15) is 0 Å². The third kappa shape index (κ3) is 6.03. The Labute approximate surface area is 215 Å². The molecule has 7 nitrogen and oxygen atoms in total. The van der Waals surface area contributed by atoms with Crippen molar-refractivity contribution in [2.45, 2.75) is 58.7 Å². The van der Waals surface area contributed by atoms with E-state index in [2.05, 4.69) is 5.32 Å². The Bertz CT molecular complexity index is 1080. The van der Waals surface area contributed by atoms with E-state index in [0.29, 0.717) is 26.7 Å². The molecule has 1 N–H and O–H groups in total. The lowest BCUT2D eigenvalue weighted by molar-refractivity contribution is -0.141. The van der Waals surface area contributed by atoms with Gasteiger partial charge >= 0.3 is 0 Å². The van der Waals surface area contributed by atoms with Crippen LogP contribution in [0.3, 0.4) is 0 Å². The maximum absolute atomic E-state index is 13.3. The Morgan fingerprint density at radius 2 is 1.54 bits per heavy atom. The zero-order chi connectivity index (χ0) is 25.7. The molecule has 2 aromatic rings. The number of hydrogen-bond acceptors (Lipinski definition) is 4. The first-order chi connectivity index (χ1) is 16.6. The smallest absolute Gasteiger partial charge is 0.261 e. The van der Waals surface area contributed by atoms with Gasteiger partial charge in [0.1, 0.15) is 6.04 Å². The second kappa shape index (κ2) is 11.7. The number of halogens is 2. The predicted molar refractivity (Wildman–Crippen MR) is 135 cm³/mol. The summed E-state index contributed by atoms with van der Waals surface area (Å²) in [6, 6.07) is 10.9. The van der Waals surface area contributed by atoms with E-state index >= 15 is 0 Å². The molecule has 1 aliphatic rings. The lowest BCUT2D eigenvalue weighted by Gasteiger charge is -2.30. The van der Waals surface area contributed by atoms with Crippen molar-refractivity contribution < 1.29 is 19.2 Å². The number of benzene rings is 2. The molecule has 0 saturated heterocycles. The van der Waals surface area contributed by atoms with Crippen LogP contribution in [0.1, 0.15) is 66.3 Å². The Balaban J connectivity index is 1.72. The molecule has 35 heavy (non-hydrogen) atoms. The van der Waals surface area contributed by atoms with Gasteiger partial charge in [-0.15, -0.1) is 0 Å². The van der Waals surface area contributed by atoms with Crippen LogP contribution in [0.25, 0.3) is 0 Å². The first kappa shape index (κ1) is 26.7. The molecule has 0 unspecified atom stereocenters. The number of hydrogen-bond donors (Lipinski definition) is 1. The predicted octanol–water partition coefficient (Wildman–Crippen LogP) is 4.70. The highest BCUT2D eigenvalue weighted by molar-refractivity contribution is 6.36. The zero-order valence-electron chi connectivity index (χ0n) is 20.0. The van der Waals surface area contributed by atoms with E-state index in [-0.39, 0.29) is 55.6 Å². The van der Waals surface area contributed by atoms with Crippen LogP contribution in [0.15, 0.2) is 42.5 Å². The summed E-state index contributed by atoms with van der Waals surface area (Å²) in [6.45, 7) is 5.67. The number of imide groups is 1. The highest BCUT2D eigenvalue weighted by Gasteiger charge is 2.35. The largest absolute Gasteiger partial charge is 0.352 e. The Kier molecular flexibility index (Phi) is 8.92. The molecular weight excluding hydrogens is 489 g/mol. The van der Waals surface area contributed by atoms with Crippen LogP contribution in [0.2, 0.25) is 10.0 Å². The van der Waals surface area contributed by atoms with Crippen molar-refractivity contribution in [1.29, 1.82) is 0 Å². The maximum atomic E-state index is 13.3. The van der Waals surface area contributed by atoms with Crippen LogP contribution >= 0.6 is 23.2 Å². The van der Waals surface area contributed by atoms with Crippen LogP contribution in [0, 0.1) is 0 Å². The third-order valence-corrected chi connectivity index (χ3v) is 6.92. The van der Waals surface area contributed by atoms with E-state index in [9.17, 15) is 19.2 Å². The Hall–Kier alpha value is -2.90. The number of nitrogens with zero attached hydrogens (tertiary/aromatic N) is 2. The van der Waals surface area contributed by atoms with Crippen molar-refractivity contribution >= 4 is 46.8 Å². The van der Waals surface area contributed by atoms with Gasteiger partial charge in [-0.1, -0.05) is 48.3 Å². The van der Waals surface area contributed by atoms with Gasteiger partial charge in [0, 0.05) is 41.2 Å². The van der Waals surface area contributed by atoms with Crippen LogP contribution in [0.4, 0.5) is 0 Å². The van der Waals surface area contributed by atoms with E-state index in [4.69, 9.17) is 23.2 Å². The van der Waals surface area contributed by atoms with Crippen molar-refractivity contribution in [3.05, 3.63) is 69.2 Å². The minimum absolute atomic E-state index is 0.0381. The van der Waals surface area contributed by atoms with Gasteiger partial charge in [0.15, 0.2) is 0 Å². The highest BCUT2D eigenvalue weighted by atomic mass is 35.5. The average molecular weight is 518 g/mol. The van der Waals surface area contributed by atoms with Crippen molar-refractivity contribution in [3.63, 3.8) is 0 Å². The number of nitrogens with one attached hydrogen (secondary N) is 1. The first-order valence-electron chi connectivity index (χ1n) is 11.6. The summed E-state index contributed by atoms with van der Waals surface area (Å²) in [5.41, 5.74) is 1.29. The van der Waals surface area contributed by atoms with Gasteiger partial charge in [0.25, 0.3) is 11.8 Å². The lowest BCUT2D eigenvalue weighted by atomic mass is 10.1. The van der Waals surface area contributed by atoms with E-state index in [1.54, 1.807) is 49.4 Å². The molecule has 0 fully saturated rings. The molecule has 2 aromatic carbocycles. The molecule has 0 bridgehead atoms. The standard InChI is InChI=1S/C26H29Cl2N3O4/c1-4-16(2)29-24(33)17(3)31(15-20-21(27)11-7-12-22(20)28)23(32)13-8-14-30-25(34)18-9-5-6-10-19(18)26(30)35/h5-7,9-12,16-17H,4,8,13-15H2,1-3H3,(H,29,33)/t16-,17+/m0/s1. The normalized spacial score (nSPS) is 14.5. The summed E-state index contributed by atoms with van der Waals surface area (Å²) in [5, 5.41) is 3.70. The highest BCUT2D eigenvalue weighted by Crippen LogP contribution is 2.27. The van der Waals surface area contributed by atoms with Crippen LogP contribution < -0.4 is 5.32 Å². The van der Waals surface area contributed by atoms with E-state index in [0.717, 1.165) is 11.3 Å². The molecule has 0 saturated carbocycles. The maximum Gasteiger partial charge on any atom is 0.261 e. The Morgan fingerprint density at radius 3 is 2.09 bits per heavy atom. The van der Waals surface area contributed by atoms with Crippen LogP contribution in [-0.2, 0) is 16.1 Å². The lowest BCUT2D eigenvalue weighted by Crippen LogP contribution is -2.49. The van der Waals surface area contributed by atoms with E-state index < -0.39 is 6.04 Å². The van der Waals surface area contributed by atoms with Crippen molar-refractivity contribution in [3.8, 4) is 0 Å². The molecule has 9 heteroatoms.